The first-order valence-electron chi connectivity index (χ1n) is 5.45. The minimum atomic E-state index is -0.101. The third-order valence-corrected chi connectivity index (χ3v) is 1.99. The molecule has 1 aromatic rings. The number of nitrogens with one attached hydrogen (secondary N) is 2. The molecular formula is C11H20N4O. The van der Waals surface area contributed by atoms with Gasteiger partial charge in [-0.05, 0) is 11.8 Å². The quantitative estimate of drug-likeness (QED) is 0.720. The fourth-order valence-corrected chi connectivity index (χ4v) is 1.42. The van der Waals surface area contributed by atoms with Crippen molar-refractivity contribution in [2.24, 2.45) is 11.1 Å². The van der Waals surface area contributed by atoms with Crippen LogP contribution in [-0.4, -0.2) is 22.6 Å². The number of nitrogens with zero attached hydrogens (tertiary/aromatic N) is 1. The van der Waals surface area contributed by atoms with Gasteiger partial charge in [-0.1, -0.05) is 20.8 Å². The van der Waals surface area contributed by atoms with E-state index in [2.05, 4.69) is 36.3 Å². The molecule has 16 heavy (non-hydrogen) atoms. The molecule has 0 saturated carbocycles. The van der Waals surface area contributed by atoms with Crippen LogP contribution in [0.4, 0.5) is 5.82 Å². The Bertz CT molecular complexity index is 351. The molecule has 0 bridgehead atoms. The number of anilines is 1. The lowest BCUT2D eigenvalue weighted by Crippen LogP contribution is -2.16. The van der Waals surface area contributed by atoms with Gasteiger partial charge < -0.3 is 11.1 Å². The van der Waals surface area contributed by atoms with Gasteiger partial charge in [0.05, 0.1) is 0 Å². The maximum Gasteiger partial charge on any atom is 0.226 e. The summed E-state index contributed by atoms with van der Waals surface area (Å²) in [7, 11) is 0. The van der Waals surface area contributed by atoms with E-state index < -0.39 is 0 Å². The van der Waals surface area contributed by atoms with Gasteiger partial charge in [0.2, 0.25) is 5.91 Å². The number of H-pyrrole nitrogens is 1. The van der Waals surface area contributed by atoms with E-state index in [1.807, 2.05) is 6.07 Å². The average Bonchev–Trinajstić information content (AvgIpc) is 2.49. The number of nitrogens with two attached hydrogens (primary N) is 1. The van der Waals surface area contributed by atoms with Crippen molar-refractivity contribution in [2.45, 2.75) is 33.6 Å². The van der Waals surface area contributed by atoms with Crippen LogP contribution in [0.3, 0.4) is 0 Å². The second-order valence-corrected chi connectivity index (χ2v) is 5.10. The summed E-state index contributed by atoms with van der Waals surface area (Å²) in [5.74, 6) is 0.467. The van der Waals surface area contributed by atoms with Crippen LogP contribution in [0.15, 0.2) is 6.07 Å². The van der Waals surface area contributed by atoms with Crippen molar-refractivity contribution in [1.82, 2.24) is 10.2 Å². The Labute approximate surface area is 95.8 Å². The standard InChI is InChI=1S/C11H20N4O/c1-11(2,3)7-8-6-9(15-14-8)13-10(16)4-5-12/h6H,4-5,7,12H2,1-3H3,(H2,13,14,15,16). The zero-order valence-corrected chi connectivity index (χ0v) is 10.1. The lowest BCUT2D eigenvalue weighted by molar-refractivity contribution is -0.116. The lowest BCUT2D eigenvalue weighted by Gasteiger charge is -2.15. The van der Waals surface area contributed by atoms with Crippen molar-refractivity contribution in [3.8, 4) is 0 Å². The summed E-state index contributed by atoms with van der Waals surface area (Å²) in [6, 6.07) is 1.86. The van der Waals surface area contributed by atoms with Gasteiger partial charge in [-0.2, -0.15) is 5.10 Å². The topological polar surface area (TPSA) is 83.8 Å². The summed E-state index contributed by atoms with van der Waals surface area (Å²) in [6.07, 6.45) is 1.22. The monoisotopic (exact) mass is 224 g/mol. The number of hydrogen-bond donors (Lipinski definition) is 3. The maximum atomic E-state index is 11.3. The van der Waals surface area contributed by atoms with Crippen LogP contribution in [0.2, 0.25) is 0 Å². The molecule has 0 radical (unpaired) electrons. The van der Waals surface area contributed by atoms with Gasteiger partial charge in [-0.15, -0.1) is 0 Å². The van der Waals surface area contributed by atoms with Crippen molar-refractivity contribution < 1.29 is 4.79 Å². The van der Waals surface area contributed by atoms with E-state index in [1.165, 1.54) is 0 Å². The van der Waals surface area contributed by atoms with Crippen LogP contribution in [0.5, 0.6) is 0 Å². The smallest absolute Gasteiger partial charge is 0.226 e. The molecule has 5 heteroatoms. The molecule has 0 aliphatic rings. The Kier molecular flexibility index (Phi) is 4.06. The molecule has 0 unspecified atom stereocenters. The van der Waals surface area contributed by atoms with Crippen LogP contribution < -0.4 is 11.1 Å². The first-order chi connectivity index (χ1) is 7.40. The number of amides is 1. The molecule has 0 spiro atoms. The summed E-state index contributed by atoms with van der Waals surface area (Å²) < 4.78 is 0. The van der Waals surface area contributed by atoms with E-state index in [0.717, 1.165) is 12.1 Å². The average molecular weight is 224 g/mol. The largest absolute Gasteiger partial charge is 0.330 e. The second-order valence-electron chi connectivity index (χ2n) is 5.10. The number of hydrogen-bond acceptors (Lipinski definition) is 3. The highest BCUT2D eigenvalue weighted by Gasteiger charge is 2.13. The van der Waals surface area contributed by atoms with Gasteiger partial charge in [0.1, 0.15) is 0 Å². The zero-order valence-electron chi connectivity index (χ0n) is 10.1. The van der Waals surface area contributed by atoms with Crippen LogP contribution in [0.25, 0.3) is 0 Å². The van der Waals surface area contributed by atoms with Crippen molar-refractivity contribution in [3.05, 3.63) is 11.8 Å². The van der Waals surface area contributed by atoms with Crippen LogP contribution in [0.1, 0.15) is 32.9 Å². The Hall–Kier alpha value is -1.36. The zero-order chi connectivity index (χ0) is 12.2. The van der Waals surface area contributed by atoms with E-state index in [-0.39, 0.29) is 11.3 Å². The molecule has 0 aliphatic carbocycles. The SMILES string of the molecule is CC(C)(C)Cc1cc(NC(=O)CCN)n[nH]1. The summed E-state index contributed by atoms with van der Waals surface area (Å²) in [4.78, 5) is 11.3. The van der Waals surface area contributed by atoms with E-state index >= 15 is 0 Å². The predicted molar refractivity (Wildman–Crippen MR) is 64.0 cm³/mol. The highest BCUT2D eigenvalue weighted by molar-refractivity contribution is 5.89. The Morgan fingerprint density at radius 2 is 2.25 bits per heavy atom. The third kappa shape index (κ3) is 4.44. The van der Waals surface area contributed by atoms with Gasteiger partial charge >= 0.3 is 0 Å². The molecule has 0 aromatic carbocycles. The van der Waals surface area contributed by atoms with E-state index in [9.17, 15) is 4.79 Å². The lowest BCUT2D eigenvalue weighted by atomic mass is 9.91. The molecule has 5 nitrogen and oxygen atoms in total. The number of aromatic amines is 1. The van der Waals surface area contributed by atoms with Crippen molar-refractivity contribution in [1.29, 1.82) is 0 Å². The van der Waals surface area contributed by atoms with E-state index in [0.29, 0.717) is 18.8 Å². The number of aromatic nitrogens is 2. The predicted octanol–water partition coefficient (Wildman–Crippen LogP) is 1.29. The second kappa shape index (κ2) is 5.12. The molecule has 90 valence electrons. The Morgan fingerprint density at radius 1 is 1.56 bits per heavy atom. The van der Waals surface area contributed by atoms with Crippen molar-refractivity contribution in [3.63, 3.8) is 0 Å². The Balaban J connectivity index is 2.55. The third-order valence-electron chi connectivity index (χ3n) is 1.99. The normalized spacial score (nSPS) is 11.5. The highest BCUT2D eigenvalue weighted by Crippen LogP contribution is 2.20. The maximum absolute atomic E-state index is 11.3. The molecule has 0 fully saturated rings. The number of rotatable bonds is 4. The summed E-state index contributed by atoms with van der Waals surface area (Å²) >= 11 is 0. The van der Waals surface area contributed by atoms with Crippen molar-refractivity contribution >= 4 is 11.7 Å². The van der Waals surface area contributed by atoms with Crippen molar-refractivity contribution in [2.75, 3.05) is 11.9 Å². The van der Waals surface area contributed by atoms with Crippen LogP contribution in [-0.2, 0) is 11.2 Å². The minimum absolute atomic E-state index is 0.101. The molecule has 0 aliphatic heterocycles. The first kappa shape index (κ1) is 12.7. The molecule has 0 atom stereocenters. The molecule has 1 aromatic heterocycles. The molecule has 1 amide bonds. The first-order valence-corrected chi connectivity index (χ1v) is 5.45. The van der Waals surface area contributed by atoms with Crippen LogP contribution >= 0.6 is 0 Å². The molecule has 1 rings (SSSR count). The molecular weight excluding hydrogens is 204 g/mol. The van der Waals surface area contributed by atoms with Gasteiger partial charge in [0, 0.05) is 24.7 Å². The van der Waals surface area contributed by atoms with Gasteiger partial charge in [-0.25, -0.2) is 0 Å². The summed E-state index contributed by atoms with van der Waals surface area (Å²) in [6.45, 7) is 6.81. The van der Waals surface area contributed by atoms with Gasteiger partial charge in [0.15, 0.2) is 5.82 Å². The fraction of sp³-hybridized carbons (Fsp3) is 0.636. The Morgan fingerprint density at radius 3 is 2.81 bits per heavy atom. The highest BCUT2D eigenvalue weighted by atomic mass is 16.1. The number of carbonyl (C=O) groups excluding carboxylic acids is 1. The number of carbonyl (C=O) groups is 1. The van der Waals surface area contributed by atoms with Crippen LogP contribution in [0, 0.1) is 5.41 Å². The van der Waals surface area contributed by atoms with E-state index in [4.69, 9.17) is 5.73 Å². The van der Waals surface area contributed by atoms with Gasteiger partial charge in [0.25, 0.3) is 0 Å². The minimum Gasteiger partial charge on any atom is -0.330 e. The van der Waals surface area contributed by atoms with E-state index in [1.54, 1.807) is 0 Å². The fourth-order valence-electron chi connectivity index (χ4n) is 1.42. The summed E-state index contributed by atoms with van der Waals surface area (Å²) in [5, 5.41) is 9.63. The molecule has 1 heterocycles. The molecule has 0 saturated heterocycles. The summed E-state index contributed by atoms with van der Waals surface area (Å²) in [5.41, 5.74) is 6.51. The van der Waals surface area contributed by atoms with Gasteiger partial charge in [-0.3, -0.25) is 9.89 Å². The molecule has 4 N–H and O–H groups in total.